The van der Waals surface area contributed by atoms with Crippen molar-refractivity contribution in [2.24, 2.45) is 0 Å². The summed E-state index contributed by atoms with van der Waals surface area (Å²) >= 11 is 0. The van der Waals surface area contributed by atoms with Crippen LogP contribution >= 0.6 is 12.4 Å². The van der Waals surface area contributed by atoms with Crippen LogP contribution in [0.1, 0.15) is 13.3 Å². The number of likely N-dealkylation sites (N-methyl/N-ethyl adjacent to an activating group) is 1. The van der Waals surface area contributed by atoms with Crippen molar-refractivity contribution in [2.45, 2.75) is 13.3 Å². The second-order valence-corrected chi connectivity index (χ2v) is 4.59. The number of nitrogens with one attached hydrogen (secondary N) is 2. The minimum atomic E-state index is -0.239. The zero-order valence-corrected chi connectivity index (χ0v) is 14.0. The molecule has 1 aromatic rings. The van der Waals surface area contributed by atoms with Gasteiger partial charge in [0.15, 0.2) is 0 Å². The fourth-order valence-electron chi connectivity index (χ4n) is 1.94. The quantitative estimate of drug-likeness (QED) is 0.758. The van der Waals surface area contributed by atoms with E-state index in [-0.39, 0.29) is 37.3 Å². The van der Waals surface area contributed by atoms with E-state index < -0.39 is 0 Å². The summed E-state index contributed by atoms with van der Waals surface area (Å²) in [6.07, 6.45) is 0.803. The number of hydrogen-bond donors (Lipinski definition) is 2. The molecule has 1 rings (SSSR count). The number of hydrogen-bond acceptors (Lipinski definition) is 4. The lowest BCUT2D eigenvalue weighted by molar-refractivity contribution is -0.133. The Bertz CT molecular complexity index is 483. The lowest BCUT2D eigenvalue weighted by Crippen LogP contribution is -2.42. The van der Waals surface area contributed by atoms with Gasteiger partial charge in [0.1, 0.15) is 5.75 Å². The van der Waals surface area contributed by atoms with Crippen LogP contribution in [0.4, 0.5) is 5.69 Å². The predicted molar refractivity (Wildman–Crippen MR) is 89.7 cm³/mol. The van der Waals surface area contributed by atoms with Gasteiger partial charge in [-0.25, -0.2) is 0 Å². The first kappa shape index (κ1) is 20.2. The van der Waals surface area contributed by atoms with Gasteiger partial charge in [0.25, 0.3) is 0 Å². The second-order valence-electron chi connectivity index (χ2n) is 4.59. The fraction of sp³-hybridized carbons (Fsp3) is 0.467. The van der Waals surface area contributed by atoms with Crippen LogP contribution in [0.5, 0.6) is 5.75 Å². The molecule has 0 unspecified atom stereocenters. The number of carbonyl (C=O) groups is 2. The van der Waals surface area contributed by atoms with E-state index in [0.29, 0.717) is 18.0 Å². The Morgan fingerprint density at radius 3 is 2.55 bits per heavy atom. The van der Waals surface area contributed by atoms with Crippen LogP contribution in [0, 0.1) is 0 Å². The van der Waals surface area contributed by atoms with E-state index in [1.165, 1.54) is 0 Å². The molecule has 0 saturated carbocycles. The fourth-order valence-corrected chi connectivity index (χ4v) is 1.94. The lowest BCUT2D eigenvalue weighted by atomic mass is 10.3. The summed E-state index contributed by atoms with van der Waals surface area (Å²) in [6, 6.07) is 7.17. The first-order valence-corrected chi connectivity index (χ1v) is 6.97. The summed E-state index contributed by atoms with van der Waals surface area (Å²) in [7, 11) is 3.25. The van der Waals surface area contributed by atoms with Crippen molar-refractivity contribution in [3.8, 4) is 5.75 Å². The van der Waals surface area contributed by atoms with E-state index in [4.69, 9.17) is 4.74 Å². The van der Waals surface area contributed by atoms with E-state index in [1.807, 2.05) is 19.1 Å². The molecule has 0 atom stereocenters. The lowest BCUT2D eigenvalue weighted by Gasteiger charge is -2.21. The van der Waals surface area contributed by atoms with Crippen molar-refractivity contribution in [2.75, 3.05) is 39.1 Å². The maximum Gasteiger partial charge on any atom is 0.244 e. The molecule has 124 valence electrons. The third-order valence-corrected chi connectivity index (χ3v) is 2.89. The minimum absolute atomic E-state index is 0. The number of anilines is 1. The molecule has 2 amide bonds. The highest BCUT2D eigenvalue weighted by Gasteiger charge is 2.16. The van der Waals surface area contributed by atoms with Gasteiger partial charge in [-0.05, 0) is 25.6 Å². The molecule has 6 nitrogen and oxygen atoms in total. The molecule has 0 radical (unpaired) electrons. The van der Waals surface area contributed by atoms with Gasteiger partial charge < -0.3 is 20.3 Å². The maximum atomic E-state index is 12.1. The van der Waals surface area contributed by atoms with E-state index in [0.717, 1.165) is 6.42 Å². The highest BCUT2D eigenvalue weighted by atomic mass is 35.5. The van der Waals surface area contributed by atoms with Crippen LogP contribution in [-0.4, -0.2) is 50.5 Å². The average Bonchev–Trinajstić information content (AvgIpc) is 2.47. The number of rotatable bonds is 8. The number of ether oxygens (including phenoxy) is 1. The number of para-hydroxylation sites is 2. The zero-order chi connectivity index (χ0) is 15.7. The van der Waals surface area contributed by atoms with Crippen LogP contribution in [0.2, 0.25) is 0 Å². The zero-order valence-electron chi connectivity index (χ0n) is 13.2. The second kappa shape index (κ2) is 10.9. The number of nitrogens with zero attached hydrogens (tertiary/aromatic N) is 1. The molecule has 0 fully saturated rings. The van der Waals surface area contributed by atoms with Gasteiger partial charge in [-0.2, -0.15) is 0 Å². The van der Waals surface area contributed by atoms with Crippen molar-refractivity contribution >= 4 is 29.9 Å². The summed E-state index contributed by atoms with van der Waals surface area (Å²) in [6.45, 7) is 2.78. The van der Waals surface area contributed by atoms with Gasteiger partial charge in [0.2, 0.25) is 11.8 Å². The SMILES string of the molecule is CCCN(CC(=O)Nc1ccccc1OC)C(=O)CNC.Cl. The normalized spacial score (nSPS) is 9.59. The molecule has 2 N–H and O–H groups in total. The first-order valence-electron chi connectivity index (χ1n) is 6.97. The molecule has 0 aliphatic rings. The van der Waals surface area contributed by atoms with Crippen molar-refractivity contribution in [1.82, 2.24) is 10.2 Å². The van der Waals surface area contributed by atoms with Crippen LogP contribution < -0.4 is 15.4 Å². The number of benzene rings is 1. The van der Waals surface area contributed by atoms with Crippen LogP contribution in [-0.2, 0) is 9.59 Å². The molecule has 0 heterocycles. The van der Waals surface area contributed by atoms with Gasteiger partial charge >= 0.3 is 0 Å². The Morgan fingerprint density at radius 1 is 1.27 bits per heavy atom. The highest BCUT2D eigenvalue weighted by Crippen LogP contribution is 2.22. The number of amides is 2. The standard InChI is InChI=1S/C15H23N3O3.ClH/c1-4-9-18(15(20)10-16-2)11-14(19)17-12-7-5-6-8-13(12)21-3;/h5-8,16H,4,9-11H2,1-3H3,(H,17,19);1H. The molecule has 0 aromatic heterocycles. The Kier molecular flexibility index (Phi) is 9.98. The van der Waals surface area contributed by atoms with Crippen molar-refractivity contribution in [3.05, 3.63) is 24.3 Å². The minimum Gasteiger partial charge on any atom is -0.495 e. The molecule has 0 bridgehead atoms. The van der Waals surface area contributed by atoms with E-state index in [2.05, 4.69) is 10.6 Å². The van der Waals surface area contributed by atoms with Gasteiger partial charge in [0.05, 0.1) is 25.9 Å². The third kappa shape index (κ3) is 6.32. The van der Waals surface area contributed by atoms with Gasteiger partial charge in [0, 0.05) is 6.54 Å². The van der Waals surface area contributed by atoms with Crippen molar-refractivity contribution < 1.29 is 14.3 Å². The Labute approximate surface area is 137 Å². The van der Waals surface area contributed by atoms with Crippen molar-refractivity contribution in [1.29, 1.82) is 0 Å². The van der Waals surface area contributed by atoms with Gasteiger partial charge in [-0.1, -0.05) is 19.1 Å². The van der Waals surface area contributed by atoms with Crippen LogP contribution in [0.15, 0.2) is 24.3 Å². The van der Waals surface area contributed by atoms with E-state index in [9.17, 15) is 9.59 Å². The number of methoxy groups -OCH3 is 1. The van der Waals surface area contributed by atoms with E-state index >= 15 is 0 Å². The molecule has 0 aliphatic carbocycles. The Hall–Kier alpha value is -1.79. The molecule has 22 heavy (non-hydrogen) atoms. The Morgan fingerprint density at radius 2 is 1.95 bits per heavy atom. The topological polar surface area (TPSA) is 70.7 Å². The summed E-state index contributed by atoms with van der Waals surface area (Å²) in [5.41, 5.74) is 0.600. The van der Waals surface area contributed by atoms with Gasteiger partial charge in [-0.3, -0.25) is 9.59 Å². The summed E-state index contributed by atoms with van der Waals surface area (Å²) < 4.78 is 5.18. The molecule has 7 heteroatoms. The maximum absolute atomic E-state index is 12.1. The number of carbonyl (C=O) groups excluding carboxylic acids is 2. The Balaban J connectivity index is 0.00000441. The first-order chi connectivity index (χ1) is 10.1. The molecule has 0 spiro atoms. The summed E-state index contributed by atoms with van der Waals surface area (Å²) in [5.74, 6) is 0.265. The molecular formula is C15H24ClN3O3. The molecule has 0 saturated heterocycles. The highest BCUT2D eigenvalue weighted by molar-refractivity contribution is 5.95. The molecular weight excluding hydrogens is 306 g/mol. The third-order valence-electron chi connectivity index (χ3n) is 2.89. The summed E-state index contributed by atoms with van der Waals surface area (Å²) in [4.78, 5) is 25.5. The van der Waals surface area contributed by atoms with E-state index in [1.54, 1.807) is 31.2 Å². The largest absolute Gasteiger partial charge is 0.495 e. The van der Waals surface area contributed by atoms with Gasteiger partial charge in [-0.15, -0.1) is 12.4 Å². The molecule has 1 aromatic carbocycles. The van der Waals surface area contributed by atoms with Crippen LogP contribution in [0.25, 0.3) is 0 Å². The molecule has 0 aliphatic heterocycles. The predicted octanol–water partition coefficient (Wildman–Crippen LogP) is 1.51. The smallest absolute Gasteiger partial charge is 0.244 e. The number of halogens is 1. The summed E-state index contributed by atoms with van der Waals surface area (Å²) in [5, 5.41) is 5.57. The van der Waals surface area contributed by atoms with Crippen LogP contribution in [0.3, 0.4) is 0 Å². The average molecular weight is 330 g/mol. The van der Waals surface area contributed by atoms with Crippen molar-refractivity contribution in [3.63, 3.8) is 0 Å². The monoisotopic (exact) mass is 329 g/mol.